The Labute approximate surface area is 92.1 Å². The molecule has 15 heavy (non-hydrogen) atoms. The van der Waals surface area contributed by atoms with Gasteiger partial charge in [0.1, 0.15) is 5.75 Å². The molecule has 0 heterocycles. The Morgan fingerprint density at radius 1 is 1.33 bits per heavy atom. The maximum atomic E-state index is 9.78. The smallest absolute Gasteiger partial charge is 0.119 e. The van der Waals surface area contributed by atoms with Crippen LogP contribution in [-0.2, 0) is 6.42 Å². The first-order chi connectivity index (χ1) is 7.06. The van der Waals surface area contributed by atoms with Crippen molar-refractivity contribution in [1.29, 1.82) is 0 Å². The lowest BCUT2D eigenvalue weighted by atomic mass is 9.94. The lowest BCUT2D eigenvalue weighted by Crippen LogP contribution is -2.02. The third kappa shape index (κ3) is 2.96. The van der Waals surface area contributed by atoms with E-state index in [1.165, 1.54) is 11.1 Å². The van der Waals surface area contributed by atoms with Crippen molar-refractivity contribution in [2.75, 3.05) is 6.54 Å². The summed E-state index contributed by atoms with van der Waals surface area (Å²) < 4.78 is 0. The zero-order valence-corrected chi connectivity index (χ0v) is 9.88. The molecule has 1 aromatic carbocycles. The summed E-state index contributed by atoms with van der Waals surface area (Å²) in [5, 5.41) is 9.78. The quantitative estimate of drug-likeness (QED) is 0.797. The standard InChI is InChI=1S/C13H21NO/c1-9(2)12-8-11(5-4-6-14)13(15)7-10(12)3/h7-9,15H,4-6,14H2,1-3H3. The minimum atomic E-state index is 0.408. The van der Waals surface area contributed by atoms with Crippen molar-refractivity contribution in [2.45, 2.75) is 39.5 Å². The fraction of sp³-hybridized carbons (Fsp3) is 0.538. The number of aromatic hydroxyl groups is 1. The molecule has 0 radical (unpaired) electrons. The number of phenols is 1. The van der Waals surface area contributed by atoms with Crippen LogP contribution in [0, 0.1) is 6.92 Å². The van der Waals surface area contributed by atoms with Crippen LogP contribution in [0.3, 0.4) is 0 Å². The molecule has 0 bridgehead atoms. The van der Waals surface area contributed by atoms with Gasteiger partial charge in [-0.2, -0.15) is 0 Å². The third-order valence-corrected chi connectivity index (χ3v) is 2.74. The van der Waals surface area contributed by atoms with E-state index in [9.17, 15) is 5.11 Å². The lowest BCUT2D eigenvalue weighted by Gasteiger charge is -2.13. The topological polar surface area (TPSA) is 46.2 Å². The van der Waals surface area contributed by atoms with Crippen molar-refractivity contribution >= 4 is 0 Å². The van der Waals surface area contributed by atoms with Gasteiger partial charge in [0.05, 0.1) is 0 Å². The zero-order valence-electron chi connectivity index (χ0n) is 9.88. The summed E-state index contributed by atoms with van der Waals surface area (Å²) in [7, 11) is 0. The second-order valence-electron chi connectivity index (χ2n) is 4.38. The van der Waals surface area contributed by atoms with Gasteiger partial charge in [-0.15, -0.1) is 0 Å². The van der Waals surface area contributed by atoms with Gasteiger partial charge in [-0.3, -0.25) is 0 Å². The van der Waals surface area contributed by atoms with Crippen LogP contribution in [0.1, 0.15) is 42.9 Å². The molecular formula is C13H21NO. The molecule has 84 valence electrons. The number of phenolic OH excluding ortho intramolecular Hbond substituents is 1. The van der Waals surface area contributed by atoms with E-state index < -0.39 is 0 Å². The van der Waals surface area contributed by atoms with E-state index in [0.29, 0.717) is 18.2 Å². The molecule has 0 aromatic heterocycles. The van der Waals surface area contributed by atoms with E-state index in [4.69, 9.17) is 5.73 Å². The number of nitrogens with two attached hydrogens (primary N) is 1. The van der Waals surface area contributed by atoms with Gasteiger partial charge in [0.25, 0.3) is 0 Å². The SMILES string of the molecule is Cc1cc(O)c(CCCN)cc1C(C)C. The molecule has 0 amide bonds. The predicted octanol–water partition coefficient (Wildman–Crippen LogP) is 2.72. The highest BCUT2D eigenvalue weighted by molar-refractivity contribution is 5.42. The molecule has 1 aromatic rings. The van der Waals surface area contributed by atoms with Crippen LogP contribution in [0.5, 0.6) is 5.75 Å². The van der Waals surface area contributed by atoms with Crippen LogP contribution in [0.25, 0.3) is 0 Å². The summed E-state index contributed by atoms with van der Waals surface area (Å²) in [6.07, 6.45) is 1.79. The summed E-state index contributed by atoms with van der Waals surface area (Å²) in [6, 6.07) is 3.98. The predicted molar refractivity (Wildman–Crippen MR) is 64.3 cm³/mol. The van der Waals surface area contributed by atoms with Gasteiger partial charge in [-0.25, -0.2) is 0 Å². The van der Waals surface area contributed by atoms with Crippen molar-refractivity contribution in [2.24, 2.45) is 5.73 Å². The Morgan fingerprint density at radius 2 is 2.00 bits per heavy atom. The molecule has 0 fully saturated rings. The van der Waals surface area contributed by atoms with Gasteiger partial charge in [-0.05, 0) is 55.0 Å². The fourth-order valence-corrected chi connectivity index (χ4v) is 1.87. The molecule has 0 aliphatic heterocycles. The Balaban J connectivity index is 3.00. The maximum absolute atomic E-state index is 9.78. The maximum Gasteiger partial charge on any atom is 0.119 e. The zero-order chi connectivity index (χ0) is 11.4. The Bertz CT molecular complexity index is 332. The van der Waals surface area contributed by atoms with Gasteiger partial charge < -0.3 is 10.8 Å². The molecule has 2 heteroatoms. The van der Waals surface area contributed by atoms with Crippen molar-refractivity contribution in [3.63, 3.8) is 0 Å². The summed E-state index contributed by atoms with van der Waals surface area (Å²) in [4.78, 5) is 0. The Morgan fingerprint density at radius 3 is 2.53 bits per heavy atom. The average molecular weight is 207 g/mol. The number of rotatable bonds is 4. The number of hydrogen-bond acceptors (Lipinski definition) is 2. The number of benzene rings is 1. The monoisotopic (exact) mass is 207 g/mol. The van der Waals surface area contributed by atoms with Crippen molar-refractivity contribution < 1.29 is 5.11 Å². The van der Waals surface area contributed by atoms with Crippen LogP contribution < -0.4 is 5.73 Å². The van der Waals surface area contributed by atoms with Crippen LogP contribution >= 0.6 is 0 Å². The van der Waals surface area contributed by atoms with Crippen molar-refractivity contribution in [3.8, 4) is 5.75 Å². The minimum absolute atomic E-state index is 0.408. The number of aryl methyl sites for hydroxylation is 2. The summed E-state index contributed by atoms with van der Waals surface area (Å²) in [5.74, 6) is 0.910. The number of hydrogen-bond donors (Lipinski definition) is 2. The Kier molecular flexibility index (Phi) is 4.15. The second kappa shape index (κ2) is 5.17. The highest BCUT2D eigenvalue weighted by Crippen LogP contribution is 2.27. The average Bonchev–Trinajstić information content (AvgIpc) is 2.16. The highest BCUT2D eigenvalue weighted by atomic mass is 16.3. The van der Waals surface area contributed by atoms with E-state index >= 15 is 0 Å². The molecule has 0 aliphatic carbocycles. The summed E-state index contributed by atoms with van der Waals surface area (Å²) >= 11 is 0. The van der Waals surface area contributed by atoms with Gasteiger partial charge >= 0.3 is 0 Å². The lowest BCUT2D eigenvalue weighted by molar-refractivity contribution is 0.466. The molecule has 0 saturated heterocycles. The fourth-order valence-electron chi connectivity index (χ4n) is 1.87. The first-order valence-electron chi connectivity index (χ1n) is 5.58. The van der Waals surface area contributed by atoms with Gasteiger partial charge in [-0.1, -0.05) is 19.9 Å². The van der Waals surface area contributed by atoms with Crippen molar-refractivity contribution in [1.82, 2.24) is 0 Å². The summed E-state index contributed by atoms with van der Waals surface area (Å²) in [5.41, 5.74) is 8.98. The van der Waals surface area contributed by atoms with Crippen LogP contribution in [0.4, 0.5) is 0 Å². The van der Waals surface area contributed by atoms with Crippen molar-refractivity contribution in [3.05, 3.63) is 28.8 Å². The molecule has 0 saturated carbocycles. The second-order valence-corrected chi connectivity index (χ2v) is 4.38. The van der Waals surface area contributed by atoms with Crippen LogP contribution in [0.2, 0.25) is 0 Å². The molecule has 1 rings (SSSR count). The first-order valence-corrected chi connectivity index (χ1v) is 5.58. The molecule has 3 N–H and O–H groups in total. The molecular weight excluding hydrogens is 186 g/mol. The molecule has 0 aliphatic rings. The molecule has 0 unspecified atom stereocenters. The highest BCUT2D eigenvalue weighted by Gasteiger charge is 2.08. The van der Waals surface area contributed by atoms with Crippen LogP contribution in [-0.4, -0.2) is 11.7 Å². The minimum Gasteiger partial charge on any atom is -0.508 e. The van der Waals surface area contributed by atoms with E-state index in [1.807, 2.05) is 13.0 Å². The van der Waals surface area contributed by atoms with Gasteiger partial charge in [0, 0.05) is 0 Å². The van der Waals surface area contributed by atoms with E-state index in [0.717, 1.165) is 18.4 Å². The summed E-state index contributed by atoms with van der Waals surface area (Å²) in [6.45, 7) is 7.06. The normalized spacial score (nSPS) is 11.0. The largest absolute Gasteiger partial charge is 0.508 e. The molecule has 0 spiro atoms. The van der Waals surface area contributed by atoms with Gasteiger partial charge in [0.15, 0.2) is 0 Å². The third-order valence-electron chi connectivity index (χ3n) is 2.74. The van der Waals surface area contributed by atoms with E-state index in [-0.39, 0.29) is 0 Å². The van der Waals surface area contributed by atoms with Crippen LogP contribution in [0.15, 0.2) is 12.1 Å². The Hall–Kier alpha value is -1.02. The molecule has 2 nitrogen and oxygen atoms in total. The first kappa shape index (κ1) is 12.1. The van der Waals surface area contributed by atoms with E-state index in [1.54, 1.807) is 0 Å². The van der Waals surface area contributed by atoms with E-state index in [2.05, 4.69) is 19.9 Å². The molecule has 0 atom stereocenters. The van der Waals surface area contributed by atoms with Gasteiger partial charge in [0.2, 0.25) is 0 Å².